The molecule has 1 unspecified atom stereocenters. The van der Waals surface area contributed by atoms with Crippen molar-refractivity contribution in [1.29, 1.82) is 0 Å². The summed E-state index contributed by atoms with van der Waals surface area (Å²) < 4.78 is 5.61. The summed E-state index contributed by atoms with van der Waals surface area (Å²) >= 11 is 0. The van der Waals surface area contributed by atoms with Gasteiger partial charge in [0.2, 0.25) is 0 Å². The predicted molar refractivity (Wildman–Crippen MR) is 63.4 cm³/mol. The van der Waals surface area contributed by atoms with Crippen LogP contribution in [0.5, 0.6) is 5.75 Å². The van der Waals surface area contributed by atoms with Gasteiger partial charge in [0.05, 0.1) is 0 Å². The van der Waals surface area contributed by atoms with E-state index in [0.717, 1.165) is 17.7 Å². The molecule has 0 saturated heterocycles. The zero-order chi connectivity index (χ0) is 11.8. The Labute approximate surface area is 96.3 Å². The summed E-state index contributed by atoms with van der Waals surface area (Å²) in [6, 6.07) is 5.92. The Balaban J connectivity index is 2.26. The van der Waals surface area contributed by atoms with Gasteiger partial charge in [-0.15, -0.1) is 0 Å². The maximum atomic E-state index is 9.52. The maximum absolute atomic E-state index is 9.52. The van der Waals surface area contributed by atoms with Gasteiger partial charge in [0.15, 0.2) is 0 Å². The summed E-state index contributed by atoms with van der Waals surface area (Å²) in [5.41, 5.74) is 1.19. The Morgan fingerprint density at radius 2 is 2.19 bits per heavy atom. The molecule has 2 nitrogen and oxygen atoms in total. The minimum atomic E-state index is -0.942. The Hall–Kier alpha value is -1.46. The Kier molecular flexibility index (Phi) is 2.65. The number of fused-ring (bicyclic) bond motifs is 1. The van der Waals surface area contributed by atoms with Gasteiger partial charge in [-0.3, -0.25) is 0 Å². The average Bonchev–Trinajstić information content (AvgIpc) is 2.52. The quantitative estimate of drug-likeness (QED) is 0.673. The molecule has 2 rings (SSSR count). The summed E-state index contributed by atoms with van der Waals surface area (Å²) in [6.45, 7) is 5.42. The highest BCUT2D eigenvalue weighted by Gasteiger charge is 2.18. The standard InChI is InChI=1S/C14H16O2/c1-10-8-12-9-11(4-5-13(12)16-10)6-7-14(2,3)15/h4-5,9-10,15H,8H2,1-3H3. The number of aliphatic hydroxyl groups is 1. The Morgan fingerprint density at radius 1 is 1.44 bits per heavy atom. The molecule has 0 spiro atoms. The predicted octanol–water partition coefficient (Wildman–Crippen LogP) is 2.13. The van der Waals surface area contributed by atoms with Crippen LogP contribution < -0.4 is 4.74 Å². The van der Waals surface area contributed by atoms with Crippen molar-refractivity contribution in [1.82, 2.24) is 0 Å². The van der Waals surface area contributed by atoms with Crippen molar-refractivity contribution in [2.75, 3.05) is 0 Å². The van der Waals surface area contributed by atoms with Gasteiger partial charge < -0.3 is 9.84 Å². The molecule has 0 saturated carbocycles. The normalized spacial score (nSPS) is 18.4. The summed E-state index contributed by atoms with van der Waals surface area (Å²) in [5, 5.41) is 9.52. The van der Waals surface area contributed by atoms with Gasteiger partial charge in [0.1, 0.15) is 17.5 Å². The average molecular weight is 216 g/mol. The van der Waals surface area contributed by atoms with Crippen LogP contribution in [0.3, 0.4) is 0 Å². The van der Waals surface area contributed by atoms with Gasteiger partial charge >= 0.3 is 0 Å². The molecule has 16 heavy (non-hydrogen) atoms. The summed E-state index contributed by atoms with van der Waals surface area (Å²) in [4.78, 5) is 0. The van der Waals surface area contributed by atoms with E-state index in [1.54, 1.807) is 13.8 Å². The number of ether oxygens (including phenoxy) is 1. The fourth-order valence-electron chi connectivity index (χ4n) is 1.72. The Morgan fingerprint density at radius 3 is 2.88 bits per heavy atom. The molecule has 1 heterocycles. The molecule has 0 radical (unpaired) electrons. The second-order valence-electron chi connectivity index (χ2n) is 4.76. The van der Waals surface area contributed by atoms with E-state index in [2.05, 4.69) is 18.8 Å². The SMILES string of the molecule is CC1Cc2cc(C#CC(C)(C)O)ccc2O1. The van der Waals surface area contributed by atoms with E-state index >= 15 is 0 Å². The monoisotopic (exact) mass is 216 g/mol. The minimum Gasteiger partial charge on any atom is -0.490 e. The molecule has 1 N–H and O–H groups in total. The fourth-order valence-corrected chi connectivity index (χ4v) is 1.72. The lowest BCUT2D eigenvalue weighted by atomic mass is 10.1. The van der Waals surface area contributed by atoms with E-state index in [0.29, 0.717) is 0 Å². The van der Waals surface area contributed by atoms with E-state index in [9.17, 15) is 5.11 Å². The first-order valence-electron chi connectivity index (χ1n) is 5.49. The molecule has 1 aliphatic rings. The fraction of sp³-hybridized carbons (Fsp3) is 0.429. The van der Waals surface area contributed by atoms with Crippen LogP contribution in [0.4, 0.5) is 0 Å². The van der Waals surface area contributed by atoms with Crippen LogP contribution in [-0.4, -0.2) is 16.8 Å². The van der Waals surface area contributed by atoms with Crippen molar-refractivity contribution in [2.24, 2.45) is 0 Å². The van der Waals surface area contributed by atoms with E-state index in [1.807, 2.05) is 18.2 Å². The zero-order valence-electron chi connectivity index (χ0n) is 9.87. The van der Waals surface area contributed by atoms with Crippen LogP contribution in [0.15, 0.2) is 18.2 Å². The second-order valence-corrected chi connectivity index (χ2v) is 4.76. The van der Waals surface area contributed by atoms with Gasteiger partial charge in [-0.2, -0.15) is 0 Å². The van der Waals surface area contributed by atoms with Gasteiger partial charge in [-0.05, 0) is 44.5 Å². The molecule has 2 heteroatoms. The van der Waals surface area contributed by atoms with Crippen molar-refractivity contribution in [3.8, 4) is 17.6 Å². The summed E-state index contributed by atoms with van der Waals surface area (Å²) in [5.74, 6) is 6.74. The molecular weight excluding hydrogens is 200 g/mol. The lowest BCUT2D eigenvalue weighted by Gasteiger charge is -2.06. The van der Waals surface area contributed by atoms with Crippen LogP contribution in [0, 0.1) is 11.8 Å². The van der Waals surface area contributed by atoms with E-state index in [4.69, 9.17) is 4.74 Å². The van der Waals surface area contributed by atoms with Gasteiger partial charge in [-0.1, -0.05) is 11.8 Å². The van der Waals surface area contributed by atoms with Crippen molar-refractivity contribution >= 4 is 0 Å². The molecule has 0 aliphatic carbocycles. The third-order valence-electron chi connectivity index (χ3n) is 2.41. The van der Waals surface area contributed by atoms with Crippen molar-refractivity contribution in [3.05, 3.63) is 29.3 Å². The molecule has 0 amide bonds. The van der Waals surface area contributed by atoms with E-state index < -0.39 is 5.60 Å². The van der Waals surface area contributed by atoms with Gasteiger partial charge in [0.25, 0.3) is 0 Å². The van der Waals surface area contributed by atoms with Crippen LogP contribution in [0.25, 0.3) is 0 Å². The van der Waals surface area contributed by atoms with E-state index in [1.165, 1.54) is 5.56 Å². The van der Waals surface area contributed by atoms with Crippen LogP contribution >= 0.6 is 0 Å². The molecule has 1 aliphatic heterocycles. The van der Waals surface area contributed by atoms with Crippen molar-refractivity contribution in [2.45, 2.75) is 38.9 Å². The Bertz CT molecular complexity index is 458. The molecule has 84 valence electrons. The largest absolute Gasteiger partial charge is 0.490 e. The number of hydrogen-bond acceptors (Lipinski definition) is 2. The lowest BCUT2D eigenvalue weighted by molar-refractivity contribution is 0.143. The molecule has 1 aromatic carbocycles. The molecule has 1 aromatic rings. The smallest absolute Gasteiger partial charge is 0.123 e. The third-order valence-corrected chi connectivity index (χ3v) is 2.41. The lowest BCUT2D eigenvalue weighted by Crippen LogP contribution is -2.14. The molecule has 0 fully saturated rings. The van der Waals surface area contributed by atoms with Gasteiger partial charge in [-0.25, -0.2) is 0 Å². The maximum Gasteiger partial charge on any atom is 0.123 e. The first-order valence-corrected chi connectivity index (χ1v) is 5.49. The highest BCUT2D eigenvalue weighted by Crippen LogP contribution is 2.29. The topological polar surface area (TPSA) is 29.5 Å². The van der Waals surface area contributed by atoms with Crippen LogP contribution in [-0.2, 0) is 6.42 Å². The highest BCUT2D eigenvalue weighted by atomic mass is 16.5. The van der Waals surface area contributed by atoms with Crippen molar-refractivity contribution < 1.29 is 9.84 Å². The third kappa shape index (κ3) is 2.56. The molecule has 0 aromatic heterocycles. The summed E-state index contributed by atoms with van der Waals surface area (Å²) in [7, 11) is 0. The van der Waals surface area contributed by atoms with Crippen LogP contribution in [0.2, 0.25) is 0 Å². The van der Waals surface area contributed by atoms with Crippen molar-refractivity contribution in [3.63, 3.8) is 0 Å². The molecule has 0 bridgehead atoms. The molecular formula is C14H16O2. The number of rotatable bonds is 0. The molecule has 1 atom stereocenters. The highest BCUT2D eigenvalue weighted by molar-refractivity contribution is 5.46. The number of hydrogen-bond donors (Lipinski definition) is 1. The summed E-state index contributed by atoms with van der Waals surface area (Å²) in [6.07, 6.45) is 1.19. The minimum absolute atomic E-state index is 0.257. The zero-order valence-corrected chi connectivity index (χ0v) is 9.87. The van der Waals surface area contributed by atoms with E-state index in [-0.39, 0.29) is 6.10 Å². The van der Waals surface area contributed by atoms with Gasteiger partial charge in [0, 0.05) is 12.0 Å². The first-order chi connectivity index (χ1) is 7.44. The van der Waals surface area contributed by atoms with Crippen LogP contribution in [0.1, 0.15) is 31.9 Å². The second kappa shape index (κ2) is 3.84. The first kappa shape index (κ1) is 11.0. The number of benzene rings is 1.